The smallest absolute Gasteiger partial charge is 0.176 e. The molecule has 7 nitrogen and oxygen atoms in total. The van der Waals surface area contributed by atoms with Gasteiger partial charge < -0.3 is 10.4 Å². The number of nitrogens with one attached hydrogen (secondary N) is 1. The van der Waals surface area contributed by atoms with Crippen LogP contribution in [0.2, 0.25) is 5.02 Å². The van der Waals surface area contributed by atoms with Crippen LogP contribution < -0.4 is 5.32 Å². The number of nitrogens with zero attached hydrogens (tertiary/aromatic N) is 5. The minimum atomic E-state index is 0.118. The summed E-state index contributed by atoms with van der Waals surface area (Å²) in [7, 11) is 0. The molecule has 2 aromatic heterocycles. The summed E-state index contributed by atoms with van der Waals surface area (Å²) in [6.07, 6.45) is 0.628. The third-order valence-corrected chi connectivity index (χ3v) is 3.88. The normalized spacial score (nSPS) is 11.1. The van der Waals surface area contributed by atoms with E-state index in [0.717, 1.165) is 16.8 Å². The second-order valence-electron chi connectivity index (χ2n) is 5.17. The van der Waals surface area contributed by atoms with Crippen LogP contribution in [0.4, 0.5) is 5.82 Å². The second kappa shape index (κ2) is 6.89. The van der Waals surface area contributed by atoms with Crippen LogP contribution in [0.1, 0.15) is 17.7 Å². The average Bonchev–Trinajstić information content (AvgIpc) is 2.97. The molecule has 3 rings (SSSR count). The summed E-state index contributed by atoms with van der Waals surface area (Å²) in [5.41, 5.74) is 3.17. The van der Waals surface area contributed by atoms with E-state index in [-0.39, 0.29) is 6.61 Å². The lowest BCUT2D eigenvalue weighted by atomic mass is 10.2. The Balaban J connectivity index is 2.00. The quantitative estimate of drug-likeness (QED) is 0.671. The number of rotatable bonds is 6. The van der Waals surface area contributed by atoms with Crippen molar-refractivity contribution in [3.8, 4) is 0 Å². The highest BCUT2D eigenvalue weighted by Gasteiger charge is 2.15. The Bertz CT molecular complexity index is 819. The lowest BCUT2D eigenvalue weighted by Gasteiger charge is -2.09. The number of anilines is 1. The molecule has 0 saturated carbocycles. The van der Waals surface area contributed by atoms with Crippen molar-refractivity contribution in [3.05, 3.63) is 40.5 Å². The zero-order valence-electron chi connectivity index (χ0n) is 12.7. The van der Waals surface area contributed by atoms with Crippen molar-refractivity contribution in [1.82, 2.24) is 25.2 Å². The number of hydrogen-bond donors (Lipinski definition) is 2. The molecule has 1 aromatic carbocycles. The maximum Gasteiger partial charge on any atom is 0.176 e. The maximum absolute atomic E-state index is 8.92. The number of halogens is 1. The first-order valence-corrected chi connectivity index (χ1v) is 7.73. The zero-order valence-corrected chi connectivity index (χ0v) is 13.5. The molecule has 2 heterocycles. The third-order valence-electron chi connectivity index (χ3n) is 3.51. The van der Waals surface area contributed by atoms with Gasteiger partial charge in [-0.1, -0.05) is 35.0 Å². The number of aliphatic hydroxyl groups excluding tert-OH is 1. The van der Waals surface area contributed by atoms with Gasteiger partial charge in [-0.25, -0.2) is 4.68 Å². The molecule has 0 aliphatic heterocycles. The number of aliphatic hydroxyl groups is 1. The Labute approximate surface area is 138 Å². The van der Waals surface area contributed by atoms with Crippen molar-refractivity contribution in [2.24, 2.45) is 0 Å². The Morgan fingerprint density at radius 2 is 2.04 bits per heavy atom. The first-order chi connectivity index (χ1) is 11.2. The predicted octanol–water partition coefficient (Wildman–Crippen LogP) is 2.03. The fourth-order valence-corrected chi connectivity index (χ4v) is 2.51. The van der Waals surface area contributed by atoms with Crippen LogP contribution in [0.5, 0.6) is 0 Å². The van der Waals surface area contributed by atoms with E-state index in [1.54, 1.807) is 4.68 Å². The average molecular weight is 333 g/mol. The second-order valence-corrected chi connectivity index (χ2v) is 5.58. The predicted molar refractivity (Wildman–Crippen MR) is 88.6 cm³/mol. The van der Waals surface area contributed by atoms with Gasteiger partial charge in [-0.3, -0.25) is 0 Å². The van der Waals surface area contributed by atoms with Gasteiger partial charge in [-0.2, -0.15) is 5.10 Å². The SMILES string of the molecule is Cc1nnc(NCCCO)c2c1nnn2Cc1ccccc1Cl. The molecule has 3 aromatic rings. The molecular formula is C15H17ClN6O. The summed E-state index contributed by atoms with van der Waals surface area (Å²) in [5, 5.41) is 29.5. The van der Waals surface area contributed by atoms with Crippen LogP contribution in [-0.4, -0.2) is 43.4 Å². The molecule has 0 amide bonds. The van der Waals surface area contributed by atoms with Crippen LogP contribution in [-0.2, 0) is 6.54 Å². The van der Waals surface area contributed by atoms with Gasteiger partial charge in [0.05, 0.1) is 12.2 Å². The summed E-state index contributed by atoms with van der Waals surface area (Å²) in [4.78, 5) is 0. The van der Waals surface area contributed by atoms with Gasteiger partial charge in [0, 0.05) is 18.2 Å². The van der Waals surface area contributed by atoms with Crippen molar-refractivity contribution in [2.75, 3.05) is 18.5 Å². The Hall–Kier alpha value is -2.25. The highest BCUT2D eigenvalue weighted by Crippen LogP contribution is 2.23. The van der Waals surface area contributed by atoms with Crippen molar-refractivity contribution in [2.45, 2.75) is 19.9 Å². The van der Waals surface area contributed by atoms with E-state index < -0.39 is 0 Å². The van der Waals surface area contributed by atoms with Crippen LogP contribution in [0, 0.1) is 6.92 Å². The maximum atomic E-state index is 8.92. The van der Waals surface area contributed by atoms with Gasteiger partial charge in [0.2, 0.25) is 0 Å². The standard InChI is InChI=1S/C15H17ClN6O/c1-10-13-14(15(20-18-10)17-7-4-8-23)22(21-19-13)9-11-5-2-3-6-12(11)16/h2-3,5-6,23H,4,7-9H2,1H3,(H,17,20). The molecule has 8 heteroatoms. The van der Waals surface area contributed by atoms with E-state index in [4.69, 9.17) is 16.7 Å². The van der Waals surface area contributed by atoms with Crippen molar-refractivity contribution < 1.29 is 5.11 Å². The largest absolute Gasteiger partial charge is 0.396 e. The zero-order chi connectivity index (χ0) is 16.2. The summed E-state index contributed by atoms with van der Waals surface area (Å²) in [5.74, 6) is 0.608. The van der Waals surface area contributed by atoms with Crippen molar-refractivity contribution in [1.29, 1.82) is 0 Å². The van der Waals surface area contributed by atoms with Crippen molar-refractivity contribution in [3.63, 3.8) is 0 Å². The summed E-state index contributed by atoms with van der Waals surface area (Å²) in [6, 6.07) is 7.63. The number of hydrogen-bond acceptors (Lipinski definition) is 6. The highest BCUT2D eigenvalue weighted by atomic mass is 35.5. The molecule has 0 aliphatic carbocycles. The topological polar surface area (TPSA) is 88.8 Å². The van der Waals surface area contributed by atoms with E-state index in [2.05, 4.69) is 25.8 Å². The van der Waals surface area contributed by atoms with Gasteiger partial charge in [-0.05, 0) is 25.0 Å². The lowest BCUT2D eigenvalue weighted by Crippen LogP contribution is -2.10. The molecule has 23 heavy (non-hydrogen) atoms. The monoisotopic (exact) mass is 332 g/mol. The van der Waals surface area contributed by atoms with Crippen LogP contribution in [0.3, 0.4) is 0 Å². The minimum Gasteiger partial charge on any atom is -0.396 e. The van der Waals surface area contributed by atoms with E-state index >= 15 is 0 Å². The number of aromatic nitrogens is 5. The van der Waals surface area contributed by atoms with Gasteiger partial charge in [0.15, 0.2) is 5.82 Å². The summed E-state index contributed by atoms with van der Waals surface area (Å²) < 4.78 is 1.76. The van der Waals surface area contributed by atoms with E-state index in [1.165, 1.54) is 0 Å². The Morgan fingerprint density at radius 3 is 2.83 bits per heavy atom. The molecule has 0 unspecified atom stereocenters. The first-order valence-electron chi connectivity index (χ1n) is 7.35. The summed E-state index contributed by atoms with van der Waals surface area (Å²) >= 11 is 6.23. The highest BCUT2D eigenvalue weighted by molar-refractivity contribution is 6.31. The molecule has 0 saturated heterocycles. The van der Waals surface area contributed by atoms with Gasteiger partial charge >= 0.3 is 0 Å². The molecule has 0 atom stereocenters. The lowest BCUT2D eigenvalue weighted by molar-refractivity contribution is 0.292. The Kier molecular flexibility index (Phi) is 4.68. The number of aryl methyl sites for hydroxylation is 1. The third kappa shape index (κ3) is 3.25. The fraction of sp³-hybridized carbons (Fsp3) is 0.333. The van der Waals surface area contributed by atoms with Gasteiger partial charge in [-0.15, -0.1) is 10.2 Å². The van der Waals surface area contributed by atoms with E-state index in [9.17, 15) is 0 Å². The molecule has 0 bridgehead atoms. The van der Waals surface area contributed by atoms with Crippen LogP contribution in [0.25, 0.3) is 11.0 Å². The molecule has 120 valence electrons. The molecule has 0 spiro atoms. The van der Waals surface area contributed by atoms with Crippen molar-refractivity contribution >= 4 is 28.5 Å². The van der Waals surface area contributed by atoms with Gasteiger partial charge in [0.1, 0.15) is 11.0 Å². The molecular weight excluding hydrogens is 316 g/mol. The summed E-state index contributed by atoms with van der Waals surface area (Å²) in [6.45, 7) is 3.06. The number of fused-ring (bicyclic) bond motifs is 1. The first kappa shape index (κ1) is 15.6. The minimum absolute atomic E-state index is 0.118. The molecule has 0 aliphatic rings. The molecule has 2 N–H and O–H groups in total. The number of benzene rings is 1. The van der Waals surface area contributed by atoms with E-state index in [0.29, 0.717) is 35.9 Å². The fourth-order valence-electron chi connectivity index (χ4n) is 2.31. The van der Waals surface area contributed by atoms with Crippen LogP contribution >= 0.6 is 11.6 Å². The molecule has 0 fully saturated rings. The van der Waals surface area contributed by atoms with Gasteiger partial charge in [0.25, 0.3) is 0 Å². The Morgan fingerprint density at radius 1 is 1.22 bits per heavy atom. The molecule has 0 radical (unpaired) electrons. The van der Waals surface area contributed by atoms with E-state index in [1.807, 2.05) is 31.2 Å². The van der Waals surface area contributed by atoms with Crippen LogP contribution in [0.15, 0.2) is 24.3 Å².